The fraction of sp³-hybridized carbons (Fsp3) is 0.600. The van der Waals surface area contributed by atoms with E-state index in [4.69, 9.17) is 16.3 Å². The zero-order valence-corrected chi connectivity index (χ0v) is 12.0. The molecule has 1 aliphatic rings. The standard InChI is InChI=1S/C15H22ClNO/c1-17-14(9-11-5-3-4-6-11)13-10-12(16)7-8-15(13)18-2/h7-8,10-11,14,17H,3-6,9H2,1-2H3. The van der Waals surface area contributed by atoms with Crippen molar-refractivity contribution in [3.8, 4) is 5.75 Å². The minimum Gasteiger partial charge on any atom is -0.496 e. The first-order valence-electron chi connectivity index (χ1n) is 6.75. The molecule has 1 aromatic carbocycles. The average Bonchev–Trinajstić information content (AvgIpc) is 2.88. The molecular weight excluding hydrogens is 246 g/mol. The molecule has 3 heteroatoms. The van der Waals surface area contributed by atoms with E-state index in [9.17, 15) is 0 Å². The Morgan fingerprint density at radius 2 is 2.11 bits per heavy atom. The highest BCUT2D eigenvalue weighted by Crippen LogP contribution is 2.36. The van der Waals surface area contributed by atoms with Crippen molar-refractivity contribution in [2.24, 2.45) is 5.92 Å². The highest BCUT2D eigenvalue weighted by molar-refractivity contribution is 6.30. The molecular formula is C15H22ClNO. The molecule has 1 aromatic rings. The lowest BCUT2D eigenvalue weighted by atomic mass is 9.93. The molecule has 0 aliphatic heterocycles. The largest absolute Gasteiger partial charge is 0.496 e. The number of benzene rings is 1. The van der Waals surface area contributed by atoms with Crippen LogP contribution in [0.3, 0.4) is 0 Å². The van der Waals surface area contributed by atoms with Gasteiger partial charge in [-0.2, -0.15) is 0 Å². The predicted molar refractivity (Wildman–Crippen MR) is 76.4 cm³/mol. The fourth-order valence-corrected chi connectivity index (χ4v) is 3.14. The molecule has 0 aromatic heterocycles. The van der Waals surface area contributed by atoms with Crippen LogP contribution in [0, 0.1) is 5.92 Å². The summed E-state index contributed by atoms with van der Waals surface area (Å²) in [5.74, 6) is 1.77. The van der Waals surface area contributed by atoms with Crippen molar-refractivity contribution in [3.63, 3.8) is 0 Å². The summed E-state index contributed by atoms with van der Waals surface area (Å²) in [6.07, 6.45) is 6.66. The number of rotatable bonds is 5. The summed E-state index contributed by atoms with van der Waals surface area (Å²) in [6.45, 7) is 0. The summed E-state index contributed by atoms with van der Waals surface area (Å²) < 4.78 is 5.45. The quantitative estimate of drug-likeness (QED) is 0.864. The van der Waals surface area contributed by atoms with Gasteiger partial charge in [0.15, 0.2) is 0 Å². The van der Waals surface area contributed by atoms with Crippen LogP contribution in [0.25, 0.3) is 0 Å². The first-order chi connectivity index (χ1) is 8.74. The van der Waals surface area contributed by atoms with Crippen molar-refractivity contribution in [3.05, 3.63) is 28.8 Å². The maximum Gasteiger partial charge on any atom is 0.123 e. The van der Waals surface area contributed by atoms with Crippen LogP contribution in [-0.4, -0.2) is 14.2 Å². The Morgan fingerprint density at radius 3 is 2.72 bits per heavy atom. The maximum atomic E-state index is 6.11. The zero-order chi connectivity index (χ0) is 13.0. The lowest BCUT2D eigenvalue weighted by Crippen LogP contribution is -2.19. The number of hydrogen-bond acceptors (Lipinski definition) is 2. The molecule has 0 saturated heterocycles. The Kier molecular flexibility index (Phi) is 4.90. The molecule has 1 saturated carbocycles. The van der Waals surface area contributed by atoms with Gasteiger partial charge >= 0.3 is 0 Å². The second-order valence-electron chi connectivity index (χ2n) is 5.11. The number of methoxy groups -OCH3 is 1. The van der Waals surface area contributed by atoms with E-state index >= 15 is 0 Å². The van der Waals surface area contributed by atoms with Gasteiger partial charge in [-0.05, 0) is 37.6 Å². The average molecular weight is 268 g/mol. The Morgan fingerprint density at radius 1 is 1.39 bits per heavy atom. The van der Waals surface area contributed by atoms with E-state index in [0.717, 1.165) is 16.7 Å². The Bertz CT molecular complexity index is 388. The number of nitrogens with one attached hydrogen (secondary N) is 1. The van der Waals surface area contributed by atoms with Gasteiger partial charge in [0.1, 0.15) is 5.75 Å². The number of halogens is 1. The van der Waals surface area contributed by atoms with Crippen molar-refractivity contribution in [1.82, 2.24) is 5.32 Å². The molecule has 2 rings (SSSR count). The minimum atomic E-state index is 0.335. The van der Waals surface area contributed by atoms with Gasteiger partial charge in [-0.25, -0.2) is 0 Å². The van der Waals surface area contributed by atoms with Gasteiger partial charge in [-0.3, -0.25) is 0 Å². The van der Waals surface area contributed by atoms with E-state index in [2.05, 4.69) is 5.32 Å². The summed E-state index contributed by atoms with van der Waals surface area (Å²) in [5.41, 5.74) is 1.18. The smallest absolute Gasteiger partial charge is 0.123 e. The van der Waals surface area contributed by atoms with E-state index in [1.807, 2.05) is 25.2 Å². The molecule has 2 nitrogen and oxygen atoms in total. The van der Waals surface area contributed by atoms with Crippen LogP contribution in [0.1, 0.15) is 43.7 Å². The van der Waals surface area contributed by atoms with Crippen LogP contribution in [0.5, 0.6) is 5.75 Å². The van der Waals surface area contributed by atoms with Crippen LogP contribution in [0.4, 0.5) is 0 Å². The lowest BCUT2D eigenvalue weighted by Gasteiger charge is -2.22. The SMILES string of the molecule is CNC(CC1CCCC1)c1cc(Cl)ccc1OC. The molecule has 18 heavy (non-hydrogen) atoms. The van der Waals surface area contributed by atoms with Crippen molar-refractivity contribution >= 4 is 11.6 Å². The number of ether oxygens (including phenoxy) is 1. The van der Waals surface area contributed by atoms with Crippen LogP contribution in [-0.2, 0) is 0 Å². The molecule has 1 atom stereocenters. The summed E-state index contributed by atoms with van der Waals surface area (Å²) in [7, 11) is 3.73. The monoisotopic (exact) mass is 267 g/mol. The van der Waals surface area contributed by atoms with Gasteiger partial charge in [0.05, 0.1) is 7.11 Å². The lowest BCUT2D eigenvalue weighted by molar-refractivity contribution is 0.377. The highest BCUT2D eigenvalue weighted by atomic mass is 35.5. The van der Waals surface area contributed by atoms with E-state index in [0.29, 0.717) is 6.04 Å². The van der Waals surface area contributed by atoms with E-state index in [-0.39, 0.29) is 0 Å². The Hall–Kier alpha value is -0.730. The summed E-state index contributed by atoms with van der Waals surface area (Å²) in [6, 6.07) is 6.20. The highest BCUT2D eigenvalue weighted by Gasteiger charge is 2.22. The van der Waals surface area contributed by atoms with Crippen molar-refractivity contribution in [2.45, 2.75) is 38.1 Å². The van der Waals surface area contributed by atoms with E-state index < -0.39 is 0 Å². The molecule has 100 valence electrons. The molecule has 1 aliphatic carbocycles. The summed E-state index contributed by atoms with van der Waals surface area (Å²) in [4.78, 5) is 0. The second-order valence-corrected chi connectivity index (χ2v) is 5.55. The van der Waals surface area contributed by atoms with Crippen LogP contribution in [0.15, 0.2) is 18.2 Å². The third-order valence-corrected chi connectivity index (χ3v) is 4.19. The molecule has 0 spiro atoms. The number of hydrogen-bond donors (Lipinski definition) is 1. The first-order valence-corrected chi connectivity index (χ1v) is 7.13. The van der Waals surface area contributed by atoms with Crippen molar-refractivity contribution < 1.29 is 4.74 Å². The predicted octanol–water partition coefficient (Wildman–Crippen LogP) is 4.19. The molecule has 1 unspecified atom stereocenters. The fourth-order valence-electron chi connectivity index (χ4n) is 2.96. The molecule has 0 amide bonds. The Balaban J connectivity index is 2.17. The first kappa shape index (κ1) is 13.7. The van der Waals surface area contributed by atoms with Crippen molar-refractivity contribution in [2.75, 3.05) is 14.2 Å². The second kappa shape index (κ2) is 6.44. The van der Waals surface area contributed by atoms with Crippen LogP contribution < -0.4 is 10.1 Å². The molecule has 0 heterocycles. The molecule has 1 fully saturated rings. The zero-order valence-electron chi connectivity index (χ0n) is 11.2. The van der Waals surface area contributed by atoms with Gasteiger partial charge in [-0.15, -0.1) is 0 Å². The topological polar surface area (TPSA) is 21.3 Å². The van der Waals surface area contributed by atoms with Gasteiger partial charge in [0, 0.05) is 16.6 Å². The van der Waals surface area contributed by atoms with Gasteiger partial charge in [-0.1, -0.05) is 37.3 Å². The maximum absolute atomic E-state index is 6.11. The third kappa shape index (κ3) is 3.18. The minimum absolute atomic E-state index is 0.335. The Labute approximate surface area is 115 Å². The van der Waals surface area contributed by atoms with Crippen LogP contribution in [0.2, 0.25) is 5.02 Å². The van der Waals surface area contributed by atoms with Gasteiger partial charge in [0.25, 0.3) is 0 Å². The van der Waals surface area contributed by atoms with E-state index in [1.54, 1.807) is 7.11 Å². The molecule has 1 N–H and O–H groups in total. The van der Waals surface area contributed by atoms with Crippen LogP contribution >= 0.6 is 11.6 Å². The third-order valence-electron chi connectivity index (χ3n) is 3.96. The molecule has 0 bridgehead atoms. The van der Waals surface area contributed by atoms with Gasteiger partial charge < -0.3 is 10.1 Å². The summed E-state index contributed by atoms with van der Waals surface area (Å²) >= 11 is 6.11. The van der Waals surface area contributed by atoms with Gasteiger partial charge in [0.2, 0.25) is 0 Å². The van der Waals surface area contributed by atoms with Crippen molar-refractivity contribution in [1.29, 1.82) is 0 Å². The molecule has 0 radical (unpaired) electrons. The summed E-state index contributed by atoms with van der Waals surface area (Å²) in [5, 5.41) is 4.18. The normalized spacial score (nSPS) is 17.9. The van der Waals surface area contributed by atoms with E-state index in [1.165, 1.54) is 37.7 Å².